The second-order valence-electron chi connectivity index (χ2n) is 12.9. The first kappa shape index (κ1) is 33.3. The molecule has 0 saturated heterocycles. The van der Waals surface area contributed by atoms with Crippen molar-refractivity contribution in [3.63, 3.8) is 0 Å². The highest BCUT2D eigenvalue weighted by Gasteiger charge is 2.32. The molecule has 0 aromatic carbocycles. The summed E-state index contributed by atoms with van der Waals surface area (Å²) >= 11 is 0. The topological polar surface area (TPSA) is 46.5 Å². The Morgan fingerprint density at radius 1 is 1.02 bits per heavy atom. The van der Waals surface area contributed by atoms with Crippen molar-refractivity contribution in [3.05, 3.63) is 81.5 Å². The molecule has 4 rings (SSSR count). The van der Waals surface area contributed by atoms with Gasteiger partial charge in [0.25, 0.3) is 0 Å². The van der Waals surface area contributed by atoms with Crippen molar-refractivity contribution < 1.29 is 27.8 Å². The predicted octanol–water partition coefficient (Wildman–Crippen LogP) is 9.97. The van der Waals surface area contributed by atoms with Gasteiger partial charge >= 0.3 is 5.97 Å². The number of carbonyl (C=O) groups is 1. The summed E-state index contributed by atoms with van der Waals surface area (Å²) in [4.78, 5) is 11.9. The molecule has 1 N–H and O–H groups in total. The van der Waals surface area contributed by atoms with E-state index in [1.165, 1.54) is 17.7 Å². The van der Waals surface area contributed by atoms with Gasteiger partial charge in [0.2, 0.25) is 0 Å². The molecule has 2 atom stereocenters. The number of aliphatic hydroxyl groups excluding tert-OH is 1. The van der Waals surface area contributed by atoms with Crippen LogP contribution in [0.2, 0.25) is 0 Å². The van der Waals surface area contributed by atoms with Crippen molar-refractivity contribution in [1.82, 2.24) is 0 Å². The molecule has 2 unspecified atom stereocenters. The number of unbranched alkanes of at least 4 members (excludes halogenated alkanes) is 2. The van der Waals surface area contributed by atoms with E-state index in [1.807, 2.05) is 6.08 Å². The molecule has 43 heavy (non-hydrogen) atoms. The molecular formula is C37H49F3O3. The Morgan fingerprint density at radius 2 is 1.77 bits per heavy atom. The van der Waals surface area contributed by atoms with Gasteiger partial charge in [0, 0.05) is 24.2 Å². The molecule has 3 nitrogen and oxygen atoms in total. The van der Waals surface area contributed by atoms with E-state index in [9.17, 15) is 14.3 Å². The molecule has 6 heteroatoms. The number of carbonyl (C=O) groups excluding carboxylic acids is 1. The van der Waals surface area contributed by atoms with Crippen LogP contribution in [0.4, 0.5) is 13.2 Å². The van der Waals surface area contributed by atoms with Crippen LogP contribution in [0.25, 0.3) is 0 Å². The lowest BCUT2D eigenvalue weighted by molar-refractivity contribution is -0.141. The van der Waals surface area contributed by atoms with Gasteiger partial charge in [0.15, 0.2) is 0 Å². The monoisotopic (exact) mass is 598 g/mol. The van der Waals surface area contributed by atoms with Crippen molar-refractivity contribution in [2.75, 3.05) is 13.2 Å². The van der Waals surface area contributed by atoms with Crippen LogP contribution >= 0.6 is 0 Å². The van der Waals surface area contributed by atoms with Gasteiger partial charge in [0.05, 0.1) is 6.61 Å². The molecule has 0 aromatic rings. The Bertz CT molecular complexity index is 1220. The van der Waals surface area contributed by atoms with Gasteiger partial charge in [-0.25, -0.2) is 18.0 Å². The van der Waals surface area contributed by atoms with Crippen LogP contribution in [-0.2, 0) is 9.53 Å². The summed E-state index contributed by atoms with van der Waals surface area (Å²) < 4.78 is 50.8. The second-order valence-corrected chi connectivity index (χ2v) is 12.9. The van der Waals surface area contributed by atoms with Crippen LogP contribution in [-0.4, -0.2) is 30.5 Å². The van der Waals surface area contributed by atoms with Gasteiger partial charge < -0.3 is 9.84 Å². The highest BCUT2D eigenvalue weighted by atomic mass is 19.1. The van der Waals surface area contributed by atoms with Crippen LogP contribution in [0, 0.1) is 17.8 Å². The zero-order valence-corrected chi connectivity index (χ0v) is 26.0. The lowest BCUT2D eigenvalue weighted by Gasteiger charge is -2.35. The quantitative estimate of drug-likeness (QED) is 0.130. The molecule has 4 aliphatic rings. The van der Waals surface area contributed by atoms with E-state index >= 15 is 8.78 Å². The Hall–Kier alpha value is -2.60. The fourth-order valence-electron chi connectivity index (χ4n) is 7.28. The van der Waals surface area contributed by atoms with Gasteiger partial charge in [-0.2, -0.15) is 0 Å². The smallest absolute Gasteiger partial charge is 0.333 e. The van der Waals surface area contributed by atoms with Crippen LogP contribution in [0.5, 0.6) is 0 Å². The molecule has 0 radical (unpaired) electrons. The van der Waals surface area contributed by atoms with E-state index in [1.54, 1.807) is 6.92 Å². The molecule has 0 aliphatic heterocycles. The van der Waals surface area contributed by atoms with E-state index in [0.29, 0.717) is 60.8 Å². The van der Waals surface area contributed by atoms with Gasteiger partial charge in [0.1, 0.15) is 17.8 Å². The minimum Gasteiger partial charge on any atom is -0.462 e. The summed E-state index contributed by atoms with van der Waals surface area (Å²) in [5.41, 5.74) is 4.75. The summed E-state index contributed by atoms with van der Waals surface area (Å²) in [6.45, 7) is 7.78. The van der Waals surface area contributed by atoms with Crippen molar-refractivity contribution >= 4 is 5.97 Å². The van der Waals surface area contributed by atoms with Crippen molar-refractivity contribution in [3.8, 4) is 0 Å². The van der Waals surface area contributed by atoms with E-state index in [0.717, 1.165) is 68.9 Å². The molecule has 0 aromatic heterocycles. The zero-order valence-electron chi connectivity index (χ0n) is 26.0. The average molecular weight is 599 g/mol. The van der Waals surface area contributed by atoms with E-state index < -0.39 is 12.0 Å². The number of aliphatic hydroxyl groups is 1. The summed E-state index contributed by atoms with van der Waals surface area (Å²) in [5.74, 6) is -0.234. The lowest BCUT2D eigenvalue weighted by Crippen LogP contribution is -2.28. The third-order valence-electron chi connectivity index (χ3n) is 9.83. The van der Waals surface area contributed by atoms with Crippen molar-refractivity contribution in [1.29, 1.82) is 0 Å². The fraction of sp³-hybridized carbons (Fsp3) is 0.595. The molecular weight excluding hydrogens is 549 g/mol. The SMILES string of the molecule is C=C(C)C(=O)OCC(CCO)C1CCC(C2=CC=C(C3=C(F)C=C(C4=C(F)C=C(CCCCC)CC4F)CC3)CC2)CC1. The molecule has 0 heterocycles. The highest BCUT2D eigenvalue weighted by molar-refractivity contribution is 5.86. The van der Waals surface area contributed by atoms with Crippen LogP contribution < -0.4 is 0 Å². The van der Waals surface area contributed by atoms with Crippen LogP contribution in [0.3, 0.4) is 0 Å². The molecule has 4 aliphatic carbocycles. The number of rotatable bonds is 13. The minimum atomic E-state index is -1.41. The van der Waals surface area contributed by atoms with Crippen LogP contribution in [0.15, 0.2) is 81.5 Å². The number of ether oxygens (including phenoxy) is 1. The number of allylic oxidation sites excluding steroid dienone is 12. The zero-order chi connectivity index (χ0) is 30.9. The Balaban J connectivity index is 1.37. The summed E-state index contributed by atoms with van der Waals surface area (Å²) in [5, 5.41) is 9.55. The number of alkyl halides is 1. The summed E-state index contributed by atoms with van der Waals surface area (Å²) in [6, 6.07) is 0. The lowest BCUT2D eigenvalue weighted by atomic mass is 9.71. The van der Waals surface area contributed by atoms with Crippen molar-refractivity contribution in [2.24, 2.45) is 17.8 Å². The first-order chi connectivity index (χ1) is 20.7. The predicted molar refractivity (Wildman–Crippen MR) is 167 cm³/mol. The third kappa shape index (κ3) is 8.74. The Labute approximate surface area is 256 Å². The van der Waals surface area contributed by atoms with Gasteiger partial charge in [-0.15, -0.1) is 0 Å². The molecule has 0 spiro atoms. The second kappa shape index (κ2) is 15.9. The molecule has 236 valence electrons. The molecule has 0 bridgehead atoms. The minimum absolute atomic E-state index is 0.0408. The molecule has 0 amide bonds. The third-order valence-corrected chi connectivity index (χ3v) is 9.83. The average Bonchev–Trinajstić information content (AvgIpc) is 2.99. The number of hydrogen-bond acceptors (Lipinski definition) is 3. The number of halogens is 3. The summed E-state index contributed by atoms with van der Waals surface area (Å²) in [6.07, 6.45) is 17.0. The van der Waals surface area contributed by atoms with E-state index in [4.69, 9.17) is 4.74 Å². The summed E-state index contributed by atoms with van der Waals surface area (Å²) in [7, 11) is 0. The van der Waals surface area contributed by atoms with E-state index in [-0.39, 0.29) is 36.3 Å². The van der Waals surface area contributed by atoms with Crippen molar-refractivity contribution in [2.45, 2.75) is 110 Å². The first-order valence-corrected chi connectivity index (χ1v) is 16.4. The maximum Gasteiger partial charge on any atom is 0.333 e. The standard InChI is InChI=1S/C37H49F3O3/c1-4-5-6-7-25-20-34(39)36(35(40)21-25)30-16-17-32(33(38)22-30)29-14-12-27(13-15-29)26-8-10-28(11-9-26)31(18-19-41)23-43-37(42)24(2)3/h12,14,20,22,26,28,31,35,41H,2,4-11,13,15-19,21,23H2,1,3H3. The molecule has 1 fully saturated rings. The first-order valence-electron chi connectivity index (χ1n) is 16.4. The Kier molecular flexibility index (Phi) is 12.3. The highest BCUT2D eigenvalue weighted by Crippen LogP contribution is 2.44. The largest absolute Gasteiger partial charge is 0.462 e. The van der Waals surface area contributed by atoms with Gasteiger partial charge in [-0.05, 0) is 124 Å². The normalized spacial score (nSPS) is 25.5. The number of esters is 1. The Morgan fingerprint density at radius 3 is 2.37 bits per heavy atom. The van der Waals surface area contributed by atoms with Crippen LogP contribution in [0.1, 0.15) is 104 Å². The maximum absolute atomic E-state index is 15.4. The van der Waals surface area contributed by atoms with Gasteiger partial charge in [-0.1, -0.05) is 49.6 Å². The van der Waals surface area contributed by atoms with E-state index in [2.05, 4.69) is 19.6 Å². The fourth-order valence-corrected chi connectivity index (χ4v) is 7.28. The maximum atomic E-state index is 15.4. The van der Waals surface area contributed by atoms with Gasteiger partial charge in [-0.3, -0.25) is 0 Å². The number of hydrogen-bond donors (Lipinski definition) is 1. The molecule has 1 saturated carbocycles.